The zero-order valence-corrected chi connectivity index (χ0v) is 14.7. The fourth-order valence-corrected chi connectivity index (χ4v) is 2.95. The largest absolute Gasteiger partial charge is 0.492 e. The van der Waals surface area contributed by atoms with Crippen molar-refractivity contribution < 1.29 is 9.47 Å². The fraction of sp³-hybridized carbons (Fsp3) is 0.647. The Kier molecular flexibility index (Phi) is 8.18. The van der Waals surface area contributed by atoms with E-state index in [4.69, 9.17) is 15.2 Å². The Morgan fingerprint density at radius 3 is 2.77 bits per heavy atom. The first-order valence-electron chi connectivity index (χ1n) is 7.81. The predicted molar refractivity (Wildman–Crippen MR) is 93.1 cm³/mol. The van der Waals surface area contributed by atoms with Gasteiger partial charge in [0.25, 0.3) is 0 Å². The molecular formula is C17H29ClN2O2. The van der Waals surface area contributed by atoms with Crippen molar-refractivity contribution in [2.45, 2.75) is 38.8 Å². The molecule has 1 heterocycles. The number of methoxy groups -OCH3 is 1. The fourth-order valence-electron chi connectivity index (χ4n) is 2.95. The highest BCUT2D eigenvalue weighted by molar-refractivity contribution is 5.85. The molecule has 1 saturated heterocycles. The molecule has 0 amide bonds. The maximum Gasteiger partial charge on any atom is 0.122 e. The molecule has 0 saturated carbocycles. The third-order valence-corrected chi connectivity index (χ3v) is 4.37. The van der Waals surface area contributed by atoms with Crippen LogP contribution in [0.15, 0.2) is 18.2 Å². The van der Waals surface area contributed by atoms with Crippen LogP contribution in [0.25, 0.3) is 0 Å². The molecule has 2 N–H and O–H groups in total. The van der Waals surface area contributed by atoms with E-state index >= 15 is 0 Å². The maximum atomic E-state index is 5.95. The summed E-state index contributed by atoms with van der Waals surface area (Å²) in [7, 11) is 1.79. The Morgan fingerprint density at radius 1 is 1.32 bits per heavy atom. The molecule has 126 valence electrons. The van der Waals surface area contributed by atoms with Crippen LogP contribution < -0.4 is 10.5 Å². The van der Waals surface area contributed by atoms with Crippen LogP contribution in [0.1, 0.15) is 24.0 Å². The second kappa shape index (κ2) is 9.36. The average Bonchev–Trinajstić information content (AvgIpc) is 2.50. The quantitative estimate of drug-likeness (QED) is 0.871. The van der Waals surface area contributed by atoms with Gasteiger partial charge in [0.15, 0.2) is 0 Å². The number of hydrogen-bond donors (Lipinski definition) is 1. The Balaban J connectivity index is 0.00000242. The second-order valence-corrected chi connectivity index (χ2v) is 5.92. The Bertz CT molecular complexity index is 456. The smallest absolute Gasteiger partial charge is 0.122 e. The first-order valence-corrected chi connectivity index (χ1v) is 7.81. The van der Waals surface area contributed by atoms with Crippen LogP contribution >= 0.6 is 12.4 Å². The number of halogens is 1. The Labute approximate surface area is 140 Å². The standard InChI is InChI=1S/C17H28N2O2.ClH/c1-13-4-5-14(2)17(10-13)21-9-8-19-7-6-16(20-3)11-15(19)12-18;/h4-5,10,15-16H,6-9,11-12,18H2,1-3H3;1H. The summed E-state index contributed by atoms with van der Waals surface area (Å²) in [4.78, 5) is 2.43. The molecule has 0 aliphatic carbocycles. The van der Waals surface area contributed by atoms with Gasteiger partial charge in [-0.25, -0.2) is 0 Å². The number of likely N-dealkylation sites (tertiary alicyclic amines) is 1. The number of ether oxygens (including phenoxy) is 2. The number of benzene rings is 1. The highest BCUT2D eigenvalue weighted by Crippen LogP contribution is 2.21. The van der Waals surface area contributed by atoms with Gasteiger partial charge in [-0.05, 0) is 43.9 Å². The molecule has 1 aromatic rings. The average molecular weight is 329 g/mol. The van der Waals surface area contributed by atoms with Crippen molar-refractivity contribution in [1.82, 2.24) is 4.90 Å². The minimum absolute atomic E-state index is 0. The van der Waals surface area contributed by atoms with E-state index in [2.05, 4.69) is 36.9 Å². The van der Waals surface area contributed by atoms with Gasteiger partial charge in [-0.15, -0.1) is 12.4 Å². The molecule has 2 atom stereocenters. The molecule has 1 aromatic carbocycles. The van der Waals surface area contributed by atoms with Gasteiger partial charge < -0.3 is 15.2 Å². The van der Waals surface area contributed by atoms with E-state index in [1.54, 1.807) is 7.11 Å². The van der Waals surface area contributed by atoms with Gasteiger partial charge in [0, 0.05) is 32.8 Å². The van der Waals surface area contributed by atoms with Crippen molar-refractivity contribution in [1.29, 1.82) is 0 Å². The molecule has 0 bridgehead atoms. The monoisotopic (exact) mass is 328 g/mol. The minimum atomic E-state index is 0. The molecule has 0 radical (unpaired) electrons. The van der Waals surface area contributed by atoms with Crippen molar-refractivity contribution >= 4 is 12.4 Å². The van der Waals surface area contributed by atoms with Crippen LogP contribution in [0.2, 0.25) is 0 Å². The van der Waals surface area contributed by atoms with Gasteiger partial charge in [-0.3, -0.25) is 4.90 Å². The van der Waals surface area contributed by atoms with Crippen LogP contribution in [0.3, 0.4) is 0 Å². The van der Waals surface area contributed by atoms with E-state index in [0.29, 0.717) is 25.3 Å². The molecular weight excluding hydrogens is 300 g/mol. The lowest BCUT2D eigenvalue weighted by Crippen LogP contribution is -2.49. The third-order valence-electron chi connectivity index (χ3n) is 4.37. The van der Waals surface area contributed by atoms with Crippen LogP contribution in [0, 0.1) is 13.8 Å². The number of piperidine rings is 1. The Morgan fingerprint density at radius 2 is 2.09 bits per heavy atom. The van der Waals surface area contributed by atoms with Crippen molar-refractivity contribution in [3.63, 3.8) is 0 Å². The summed E-state index contributed by atoms with van der Waals surface area (Å²) in [6.07, 6.45) is 2.46. The van der Waals surface area contributed by atoms with E-state index in [-0.39, 0.29) is 12.4 Å². The molecule has 2 rings (SSSR count). The van der Waals surface area contributed by atoms with Gasteiger partial charge in [-0.1, -0.05) is 12.1 Å². The molecule has 0 spiro atoms. The molecule has 4 nitrogen and oxygen atoms in total. The normalized spacial score (nSPS) is 22.2. The topological polar surface area (TPSA) is 47.7 Å². The lowest BCUT2D eigenvalue weighted by atomic mass is 9.99. The van der Waals surface area contributed by atoms with Gasteiger partial charge >= 0.3 is 0 Å². The summed E-state index contributed by atoms with van der Waals surface area (Å²) in [6.45, 7) is 7.53. The number of nitrogens with two attached hydrogens (primary N) is 1. The van der Waals surface area contributed by atoms with E-state index < -0.39 is 0 Å². The van der Waals surface area contributed by atoms with E-state index in [1.807, 2.05) is 0 Å². The summed E-state index contributed by atoms with van der Waals surface area (Å²) < 4.78 is 11.4. The van der Waals surface area contributed by atoms with E-state index in [9.17, 15) is 0 Å². The third kappa shape index (κ3) is 5.13. The summed E-state index contributed by atoms with van der Waals surface area (Å²) >= 11 is 0. The number of hydrogen-bond acceptors (Lipinski definition) is 4. The Hall–Kier alpha value is -0.810. The summed E-state index contributed by atoms with van der Waals surface area (Å²) in [5.74, 6) is 0.992. The molecule has 1 aliphatic heterocycles. The summed E-state index contributed by atoms with van der Waals surface area (Å²) in [6, 6.07) is 6.73. The number of aryl methyl sites for hydroxylation is 2. The number of rotatable bonds is 6. The van der Waals surface area contributed by atoms with Crippen molar-refractivity contribution in [2.24, 2.45) is 5.73 Å². The first-order chi connectivity index (χ1) is 10.1. The lowest BCUT2D eigenvalue weighted by molar-refractivity contribution is 0.00920. The molecule has 1 aliphatic rings. The molecule has 2 unspecified atom stereocenters. The first kappa shape index (κ1) is 19.2. The minimum Gasteiger partial charge on any atom is -0.492 e. The van der Waals surface area contributed by atoms with Crippen LogP contribution in [-0.4, -0.2) is 50.4 Å². The second-order valence-electron chi connectivity index (χ2n) is 5.92. The summed E-state index contributed by atoms with van der Waals surface area (Å²) in [5, 5.41) is 0. The van der Waals surface area contributed by atoms with Crippen molar-refractivity contribution in [3.8, 4) is 5.75 Å². The van der Waals surface area contributed by atoms with Crippen LogP contribution in [-0.2, 0) is 4.74 Å². The van der Waals surface area contributed by atoms with E-state index in [0.717, 1.165) is 31.7 Å². The van der Waals surface area contributed by atoms with Crippen LogP contribution in [0.4, 0.5) is 0 Å². The van der Waals surface area contributed by atoms with Crippen molar-refractivity contribution in [3.05, 3.63) is 29.3 Å². The molecule has 1 fully saturated rings. The van der Waals surface area contributed by atoms with E-state index in [1.165, 1.54) is 11.1 Å². The summed E-state index contributed by atoms with van der Waals surface area (Å²) in [5.41, 5.74) is 8.32. The molecule has 0 aromatic heterocycles. The predicted octanol–water partition coefficient (Wildman–Crippen LogP) is 2.54. The highest BCUT2D eigenvalue weighted by Gasteiger charge is 2.27. The van der Waals surface area contributed by atoms with Crippen LogP contribution in [0.5, 0.6) is 5.75 Å². The number of nitrogens with zero attached hydrogens (tertiary/aromatic N) is 1. The molecule has 22 heavy (non-hydrogen) atoms. The zero-order valence-electron chi connectivity index (χ0n) is 13.9. The van der Waals surface area contributed by atoms with Gasteiger partial charge in [-0.2, -0.15) is 0 Å². The lowest BCUT2D eigenvalue weighted by Gasteiger charge is -2.38. The highest BCUT2D eigenvalue weighted by atomic mass is 35.5. The SMILES string of the molecule is COC1CCN(CCOc2cc(C)ccc2C)C(CN)C1.Cl. The van der Waals surface area contributed by atoms with Crippen molar-refractivity contribution in [2.75, 3.05) is 33.4 Å². The zero-order chi connectivity index (χ0) is 15.2. The maximum absolute atomic E-state index is 5.95. The molecule has 5 heteroatoms. The van der Waals surface area contributed by atoms with Gasteiger partial charge in [0.05, 0.1) is 6.10 Å². The van der Waals surface area contributed by atoms with Gasteiger partial charge in [0.2, 0.25) is 0 Å². The van der Waals surface area contributed by atoms with Gasteiger partial charge in [0.1, 0.15) is 12.4 Å².